The number of benzene rings is 2. The second-order valence-electron chi connectivity index (χ2n) is 3.54. The standard InChI is InChI=1S/C14H11O3P/c15-9-11-5-2-4-8-14(11)17-18-10-12-6-1-3-7-13(12)16/h1-10,16H. The summed E-state index contributed by atoms with van der Waals surface area (Å²) in [5.41, 5.74) is 1.21. The third-order valence-corrected chi connectivity index (χ3v) is 3.01. The van der Waals surface area contributed by atoms with Crippen molar-refractivity contribution in [2.75, 3.05) is 0 Å². The average molecular weight is 258 g/mol. The maximum atomic E-state index is 10.8. The number of phenols is 1. The topological polar surface area (TPSA) is 46.5 Å². The van der Waals surface area contributed by atoms with E-state index in [1.807, 2.05) is 6.07 Å². The molecule has 3 nitrogen and oxygen atoms in total. The molecule has 0 atom stereocenters. The van der Waals surface area contributed by atoms with E-state index in [0.29, 0.717) is 25.3 Å². The Morgan fingerprint density at radius 2 is 1.67 bits per heavy atom. The number of carbonyl (C=O) groups excluding carboxylic acids is 1. The predicted octanol–water partition coefficient (Wildman–Crippen LogP) is 3.30. The van der Waals surface area contributed by atoms with Crippen LogP contribution >= 0.6 is 8.43 Å². The highest BCUT2D eigenvalue weighted by Gasteiger charge is 2.00. The summed E-state index contributed by atoms with van der Waals surface area (Å²) in [6.45, 7) is 0. The molecule has 0 fully saturated rings. The van der Waals surface area contributed by atoms with E-state index in [9.17, 15) is 9.90 Å². The maximum absolute atomic E-state index is 10.8. The normalized spacial score (nSPS) is 10.4. The predicted molar refractivity (Wildman–Crippen MR) is 72.7 cm³/mol. The minimum Gasteiger partial charge on any atom is -0.507 e. The number of aromatic hydroxyl groups is 1. The Morgan fingerprint density at radius 3 is 2.39 bits per heavy atom. The first-order valence-electron chi connectivity index (χ1n) is 5.34. The van der Waals surface area contributed by atoms with Gasteiger partial charge < -0.3 is 9.63 Å². The van der Waals surface area contributed by atoms with E-state index in [0.717, 1.165) is 6.29 Å². The number of rotatable bonds is 4. The summed E-state index contributed by atoms with van der Waals surface area (Å²) in [4.78, 5) is 10.8. The van der Waals surface area contributed by atoms with Gasteiger partial charge >= 0.3 is 0 Å². The number of hydrogen-bond donors (Lipinski definition) is 1. The van der Waals surface area contributed by atoms with E-state index in [1.165, 1.54) is 0 Å². The van der Waals surface area contributed by atoms with Crippen LogP contribution in [-0.4, -0.2) is 17.2 Å². The molecule has 2 aromatic carbocycles. The van der Waals surface area contributed by atoms with Gasteiger partial charge in [-0.2, -0.15) is 0 Å². The summed E-state index contributed by atoms with van der Waals surface area (Å²) >= 11 is 0. The summed E-state index contributed by atoms with van der Waals surface area (Å²) in [5, 5.41) is 9.56. The lowest BCUT2D eigenvalue weighted by Gasteiger charge is -2.01. The van der Waals surface area contributed by atoms with E-state index in [1.54, 1.807) is 48.3 Å². The SMILES string of the molecule is O=Cc1ccccc1OP=Cc1ccccc1O. The van der Waals surface area contributed by atoms with Crippen LogP contribution in [0.4, 0.5) is 0 Å². The lowest BCUT2D eigenvalue weighted by molar-refractivity contribution is 0.112. The molecule has 0 aliphatic heterocycles. The van der Waals surface area contributed by atoms with Crippen LogP contribution in [-0.2, 0) is 0 Å². The molecule has 0 radical (unpaired) electrons. The van der Waals surface area contributed by atoms with Crippen molar-refractivity contribution in [2.45, 2.75) is 0 Å². The fourth-order valence-corrected chi connectivity index (χ4v) is 2.06. The van der Waals surface area contributed by atoms with Crippen LogP contribution in [0.1, 0.15) is 15.9 Å². The summed E-state index contributed by atoms with van der Waals surface area (Å²) < 4.78 is 5.46. The highest BCUT2D eigenvalue weighted by molar-refractivity contribution is 7.34. The van der Waals surface area contributed by atoms with Gasteiger partial charge in [-0.25, -0.2) is 0 Å². The van der Waals surface area contributed by atoms with Gasteiger partial charge in [0.05, 0.1) is 5.56 Å². The zero-order valence-electron chi connectivity index (χ0n) is 9.48. The molecule has 2 aromatic rings. The van der Waals surface area contributed by atoms with Crippen LogP contribution < -0.4 is 4.52 Å². The van der Waals surface area contributed by atoms with Gasteiger partial charge in [0.15, 0.2) is 6.29 Å². The molecule has 0 aromatic heterocycles. The van der Waals surface area contributed by atoms with E-state index in [4.69, 9.17) is 4.52 Å². The minimum atomic E-state index is 0.206. The van der Waals surface area contributed by atoms with Gasteiger partial charge in [0.2, 0.25) is 0 Å². The van der Waals surface area contributed by atoms with Crippen molar-refractivity contribution in [1.82, 2.24) is 0 Å². The molecule has 90 valence electrons. The smallest absolute Gasteiger partial charge is 0.153 e. The second-order valence-corrected chi connectivity index (χ2v) is 4.19. The lowest BCUT2D eigenvalue weighted by atomic mass is 10.2. The Morgan fingerprint density at radius 1 is 1.00 bits per heavy atom. The van der Waals surface area contributed by atoms with Gasteiger partial charge in [0, 0.05) is 11.4 Å². The lowest BCUT2D eigenvalue weighted by Crippen LogP contribution is -1.86. The van der Waals surface area contributed by atoms with Crippen LogP contribution in [0.3, 0.4) is 0 Å². The Kier molecular flexibility index (Phi) is 4.11. The van der Waals surface area contributed by atoms with Crippen molar-refractivity contribution >= 4 is 20.5 Å². The van der Waals surface area contributed by atoms with E-state index < -0.39 is 0 Å². The number of para-hydroxylation sites is 2. The number of hydrogen-bond acceptors (Lipinski definition) is 3. The molecule has 0 heterocycles. The van der Waals surface area contributed by atoms with Gasteiger partial charge in [0.1, 0.15) is 19.9 Å². The van der Waals surface area contributed by atoms with Crippen LogP contribution in [0.2, 0.25) is 0 Å². The fraction of sp³-hybridized carbons (Fsp3) is 0. The molecular formula is C14H11O3P. The Bertz CT molecular complexity index is 579. The monoisotopic (exact) mass is 258 g/mol. The first kappa shape index (κ1) is 12.3. The zero-order chi connectivity index (χ0) is 12.8. The molecule has 0 bridgehead atoms. The van der Waals surface area contributed by atoms with Crippen molar-refractivity contribution in [1.29, 1.82) is 0 Å². The Hall–Kier alpha value is -2.12. The highest BCUT2D eigenvalue weighted by Crippen LogP contribution is 2.21. The van der Waals surface area contributed by atoms with Crippen molar-refractivity contribution in [3.05, 3.63) is 59.7 Å². The Balaban J connectivity index is 2.12. The third kappa shape index (κ3) is 2.96. The molecule has 0 unspecified atom stereocenters. The second kappa shape index (κ2) is 5.99. The first-order chi connectivity index (χ1) is 8.81. The maximum Gasteiger partial charge on any atom is 0.153 e. The van der Waals surface area contributed by atoms with Gasteiger partial charge in [-0.15, -0.1) is 0 Å². The molecule has 0 aliphatic carbocycles. The quantitative estimate of drug-likeness (QED) is 0.676. The van der Waals surface area contributed by atoms with Crippen molar-refractivity contribution in [3.63, 3.8) is 0 Å². The van der Waals surface area contributed by atoms with E-state index in [-0.39, 0.29) is 5.75 Å². The number of aldehydes is 1. The van der Waals surface area contributed by atoms with Crippen LogP contribution in [0.25, 0.3) is 0 Å². The molecule has 4 heteroatoms. The van der Waals surface area contributed by atoms with Gasteiger partial charge in [0.25, 0.3) is 0 Å². The molecular weight excluding hydrogens is 247 g/mol. The van der Waals surface area contributed by atoms with Crippen LogP contribution in [0.5, 0.6) is 11.5 Å². The number of carbonyl (C=O) groups is 1. The Labute approximate surface area is 107 Å². The molecule has 2 rings (SSSR count). The molecule has 0 amide bonds. The summed E-state index contributed by atoms with van der Waals surface area (Å²) in [5.74, 6) is 2.47. The molecule has 0 saturated heterocycles. The van der Waals surface area contributed by atoms with Gasteiger partial charge in [-0.3, -0.25) is 4.79 Å². The summed E-state index contributed by atoms with van der Waals surface area (Å²) in [6.07, 6.45) is 0.755. The van der Waals surface area contributed by atoms with E-state index in [2.05, 4.69) is 0 Å². The highest BCUT2D eigenvalue weighted by atomic mass is 31.1. The molecule has 0 saturated carbocycles. The minimum absolute atomic E-state index is 0.206. The van der Waals surface area contributed by atoms with Crippen LogP contribution in [0.15, 0.2) is 48.5 Å². The molecule has 18 heavy (non-hydrogen) atoms. The molecule has 0 aliphatic rings. The van der Waals surface area contributed by atoms with Crippen molar-refractivity contribution < 1.29 is 14.4 Å². The molecule has 0 spiro atoms. The largest absolute Gasteiger partial charge is 0.507 e. The van der Waals surface area contributed by atoms with Crippen molar-refractivity contribution in [2.24, 2.45) is 0 Å². The third-order valence-electron chi connectivity index (χ3n) is 2.33. The first-order valence-corrected chi connectivity index (χ1v) is 6.22. The van der Waals surface area contributed by atoms with E-state index >= 15 is 0 Å². The molecule has 1 N–H and O–H groups in total. The van der Waals surface area contributed by atoms with Gasteiger partial charge in [-0.1, -0.05) is 30.3 Å². The fourth-order valence-electron chi connectivity index (χ4n) is 1.40. The zero-order valence-corrected chi connectivity index (χ0v) is 10.4. The van der Waals surface area contributed by atoms with Crippen LogP contribution in [0, 0.1) is 0 Å². The summed E-state index contributed by atoms with van der Waals surface area (Å²) in [7, 11) is 0.549. The summed E-state index contributed by atoms with van der Waals surface area (Å²) in [6, 6.07) is 14.0. The average Bonchev–Trinajstić information content (AvgIpc) is 2.41. The van der Waals surface area contributed by atoms with Gasteiger partial charge in [-0.05, 0) is 18.2 Å². The van der Waals surface area contributed by atoms with Crippen molar-refractivity contribution in [3.8, 4) is 11.5 Å². The number of phenolic OH excluding ortho intramolecular Hbond substituents is 1.